The normalized spacial score (nSPS) is 14.8. The van der Waals surface area contributed by atoms with Crippen molar-refractivity contribution >= 4 is 0 Å². The van der Waals surface area contributed by atoms with Crippen LogP contribution in [0.15, 0.2) is 0 Å². The molecule has 0 aliphatic carbocycles. The van der Waals surface area contributed by atoms with Gasteiger partial charge in [-0.3, -0.25) is 0 Å². The minimum atomic E-state index is 0.344. The third-order valence-electron chi connectivity index (χ3n) is 1.26. The lowest BCUT2D eigenvalue weighted by Crippen LogP contribution is -2.16. The molecule has 13 heavy (non-hydrogen) atoms. The number of ether oxygens (including phenoxy) is 2. The molecule has 1 aliphatic heterocycles. The lowest BCUT2D eigenvalue weighted by Gasteiger charge is -2.09. The molecule has 4 heteroatoms. The number of unbranched alkanes of at least 4 members (excludes halogenated alkanes) is 1. The average molecular weight is 194 g/mol. The summed E-state index contributed by atoms with van der Waals surface area (Å²) >= 11 is 0. The summed E-state index contributed by atoms with van der Waals surface area (Å²) in [7, 11) is 1.00. The van der Waals surface area contributed by atoms with Gasteiger partial charge in [-0.1, -0.05) is 13.3 Å². The molecule has 1 rings (SSSR count). The van der Waals surface area contributed by atoms with E-state index in [0.29, 0.717) is 6.61 Å². The van der Waals surface area contributed by atoms with E-state index in [0.717, 1.165) is 46.4 Å². The highest BCUT2D eigenvalue weighted by molar-refractivity contribution is 4.37. The molecule has 0 aromatic heterocycles. The van der Waals surface area contributed by atoms with Crippen LogP contribution >= 0.6 is 0 Å². The van der Waals surface area contributed by atoms with Crippen LogP contribution in [0, 0.1) is 0 Å². The van der Waals surface area contributed by atoms with E-state index in [2.05, 4.69) is 6.92 Å². The fourth-order valence-corrected chi connectivity index (χ4v) is 0.598. The monoisotopic (exact) mass is 194 g/mol. The van der Waals surface area contributed by atoms with Crippen LogP contribution in [-0.2, 0) is 9.47 Å². The molecule has 1 saturated heterocycles. The summed E-state index contributed by atoms with van der Waals surface area (Å²) in [6.07, 6.45) is 2.04. The molecule has 1 aliphatic rings. The number of hydrogen-bond donors (Lipinski definition) is 2. The van der Waals surface area contributed by atoms with Crippen molar-refractivity contribution in [3.05, 3.63) is 0 Å². The lowest BCUT2D eigenvalue weighted by molar-refractivity contribution is -0.0334. The van der Waals surface area contributed by atoms with E-state index in [4.69, 9.17) is 19.7 Å². The summed E-state index contributed by atoms with van der Waals surface area (Å²) < 4.78 is 9.89. The van der Waals surface area contributed by atoms with Gasteiger partial charge in [-0.05, 0) is 6.42 Å². The van der Waals surface area contributed by atoms with E-state index >= 15 is 0 Å². The number of aliphatic hydroxyl groups excluding tert-OH is 2. The fraction of sp³-hybridized carbons (Fsp3) is 1.00. The first-order valence-corrected chi connectivity index (χ1v) is 4.63. The molecule has 0 aromatic carbocycles. The first-order valence-electron chi connectivity index (χ1n) is 4.63. The minimum Gasteiger partial charge on any atom is -0.400 e. The highest BCUT2D eigenvalue weighted by atomic mass is 16.6. The Bertz CT molecular complexity index is 51.1. The number of rotatable bonds is 2. The molecule has 4 nitrogen and oxygen atoms in total. The Balaban J connectivity index is 0. The van der Waals surface area contributed by atoms with Crippen molar-refractivity contribution in [2.75, 3.05) is 40.1 Å². The second-order valence-electron chi connectivity index (χ2n) is 2.30. The number of aliphatic hydroxyl groups is 2. The van der Waals surface area contributed by atoms with Crippen LogP contribution in [0.25, 0.3) is 0 Å². The third kappa shape index (κ3) is 18.7. The van der Waals surface area contributed by atoms with Crippen LogP contribution < -0.4 is 0 Å². The molecule has 0 atom stereocenters. The Morgan fingerprint density at radius 3 is 1.46 bits per heavy atom. The summed E-state index contributed by atoms with van der Waals surface area (Å²) in [5.74, 6) is 0. The highest BCUT2D eigenvalue weighted by Gasteiger charge is 1.94. The topological polar surface area (TPSA) is 58.9 Å². The van der Waals surface area contributed by atoms with Crippen LogP contribution in [0.2, 0.25) is 0 Å². The maximum Gasteiger partial charge on any atom is 0.0701 e. The standard InChI is InChI=1S/C4H8O2.C4H10O.CH4O/c1-2-6-4-3-5-1;1-2-3-4-5;1-2/h1-4H2;5H,2-4H2,1H3;2H,1H3. The van der Waals surface area contributed by atoms with Crippen LogP contribution in [0.3, 0.4) is 0 Å². The predicted octanol–water partition coefficient (Wildman–Crippen LogP) is 0.421. The Labute approximate surface area is 80.5 Å². The van der Waals surface area contributed by atoms with Crippen molar-refractivity contribution in [2.45, 2.75) is 19.8 Å². The molecule has 0 unspecified atom stereocenters. The number of hydrogen-bond acceptors (Lipinski definition) is 4. The molecule has 0 aromatic rings. The van der Waals surface area contributed by atoms with E-state index < -0.39 is 0 Å². The highest BCUT2D eigenvalue weighted by Crippen LogP contribution is 1.85. The van der Waals surface area contributed by atoms with Gasteiger partial charge in [0, 0.05) is 13.7 Å². The Morgan fingerprint density at radius 1 is 1.00 bits per heavy atom. The average Bonchev–Trinajstić information content (AvgIpc) is 2.25. The quantitative estimate of drug-likeness (QED) is 0.669. The zero-order valence-electron chi connectivity index (χ0n) is 8.66. The smallest absolute Gasteiger partial charge is 0.0701 e. The molecule has 2 N–H and O–H groups in total. The van der Waals surface area contributed by atoms with E-state index in [1.807, 2.05) is 0 Å². The van der Waals surface area contributed by atoms with Gasteiger partial charge in [-0.2, -0.15) is 0 Å². The van der Waals surface area contributed by atoms with Crippen molar-refractivity contribution in [2.24, 2.45) is 0 Å². The second-order valence-corrected chi connectivity index (χ2v) is 2.30. The maximum absolute atomic E-state index is 8.07. The predicted molar refractivity (Wildman–Crippen MR) is 51.8 cm³/mol. The third-order valence-corrected chi connectivity index (χ3v) is 1.26. The van der Waals surface area contributed by atoms with Crippen molar-refractivity contribution < 1.29 is 19.7 Å². The van der Waals surface area contributed by atoms with Gasteiger partial charge in [0.2, 0.25) is 0 Å². The lowest BCUT2D eigenvalue weighted by atomic mass is 10.4. The maximum atomic E-state index is 8.07. The van der Waals surface area contributed by atoms with Gasteiger partial charge in [-0.15, -0.1) is 0 Å². The van der Waals surface area contributed by atoms with Crippen molar-refractivity contribution in [1.29, 1.82) is 0 Å². The SMILES string of the molecule is C1COCCO1.CCCCO.CO. The van der Waals surface area contributed by atoms with Crippen molar-refractivity contribution in [1.82, 2.24) is 0 Å². The van der Waals surface area contributed by atoms with Gasteiger partial charge in [0.15, 0.2) is 0 Å². The van der Waals surface area contributed by atoms with Gasteiger partial charge >= 0.3 is 0 Å². The summed E-state index contributed by atoms with van der Waals surface area (Å²) in [5, 5.41) is 15.1. The zero-order valence-corrected chi connectivity index (χ0v) is 8.66. The molecular formula is C9H22O4. The van der Waals surface area contributed by atoms with Crippen molar-refractivity contribution in [3.63, 3.8) is 0 Å². The Morgan fingerprint density at radius 2 is 1.38 bits per heavy atom. The Hall–Kier alpha value is -0.160. The van der Waals surface area contributed by atoms with E-state index in [1.165, 1.54) is 0 Å². The molecule has 1 heterocycles. The molecule has 0 spiro atoms. The van der Waals surface area contributed by atoms with Gasteiger partial charge in [0.25, 0.3) is 0 Å². The van der Waals surface area contributed by atoms with Gasteiger partial charge in [-0.25, -0.2) is 0 Å². The molecule has 1 fully saturated rings. The molecule has 0 amide bonds. The summed E-state index contributed by atoms with van der Waals surface area (Å²) in [5.41, 5.74) is 0. The molecule has 82 valence electrons. The van der Waals surface area contributed by atoms with Crippen LogP contribution in [0.5, 0.6) is 0 Å². The second kappa shape index (κ2) is 17.8. The van der Waals surface area contributed by atoms with Gasteiger partial charge in [0.05, 0.1) is 26.4 Å². The van der Waals surface area contributed by atoms with E-state index in [9.17, 15) is 0 Å². The van der Waals surface area contributed by atoms with Crippen LogP contribution in [0.1, 0.15) is 19.8 Å². The molecule has 0 radical (unpaired) electrons. The van der Waals surface area contributed by atoms with Crippen LogP contribution in [-0.4, -0.2) is 50.4 Å². The fourth-order valence-electron chi connectivity index (χ4n) is 0.598. The summed E-state index contributed by atoms with van der Waals surface area (Å²) in [4.78, 5) is 0. The zero-order chi connectivity index (χ0) is 10.4. The van der Waals surface area contributed by atoms with Gasteiger partial charge in [0.1, 0.15) is 0 Å². The Kier molecular flexibility index (Phi) is 21.0. The van der Waals surface area contributed by atoms with Crippen molar-refractivity contribution in [3.8, 4) is 0 Å². The first-order chi connectivity index (χ1) is 6.41. The molecular weight excluding hydrogens is 172 g/mol. The molecule has 0 saturated carbocycles. The molecule has 0 bridgehead atoms. The summed E-state index contributed by atoms with van der Waals surface area (Å²) in [6.45, 7) is 5.51. The minimum absolute atomic E-state index is 0.344. The van der Waals surface area contributed by atoms with E-state index in [-0.39, 0.29) is 0 Å². The van der Waals surface area contributed by atoms with Gasteiger partial charge < -0.3 is 19.7 Å². The van der Waals surface area contributed by atoms with E-state index in [1.54, 1.807) is 0 Å². The first kappa shape index (κ1) is 15.3. The largest absolute Gasteiger partial charge is 0.400 e. The summed E-state index contributed by atoms with van der Waals surface area (Å²) in [6, 6.07) is 0. The van der Waals surface area contributed by atoms with Crippen LogP contribution in [0.4, 0.5) is 0 Å².